The van der Waals surface area contributed by atoms with E-state index in [-0.39, 0.29) is 29.6 Å². The molecule has 0 saturated carbocycles. The first kappa shape index (κ1) is 21.2. The second-order valence-corrected chi connectivity index (χ2v) is 6.78. The first-order valence-electron chi connectivity index (χ1n) is 9.07. The van der Waals surface area contributed by atoms with E-state index in [1.807, 2.05) is 26.0 Å². The Hall–Kier alpha value is -3.09. The summed E-state index contributed by atoms with van der Waals surface area (Å²) in [6.45, 7) is 5.75. The predicted octanol–water partition coefficient (Wildman–Crippen LogP) is 3.99. The van der Waals surface area contributed by atoms with Gasteiger partial charge in [-0.3, -0.25) is 4.79 Å². The number of amides is 3. The second kappa shape index (κ2) is 9.73. The SMILES string of the molecule is COc1ccc([C@H](C)NC(=O)NCc2ccc(NC(=O)C(C)C)cc2)cc1F. The van der Waals surface area contributed by atoms with E-state index in [2.05, 4.69) is 16.0 Å². The van der Waals surface area contributed by atoms with E-state index in [1.54, 1.807) is 25.1 Å². The van der Waals surface area contributed by atoms with E-state index in [1.165, 1.54) is 19.2 Å². The van der Waals surface area contributed by atoms with Gasteiger partial charge in [0, 0.05) is 18.2 Å². The monoisotopic (exact) mass is 387 g/mol. The first-order valence-corrected chi connectivity index (χ1v) is 9.07. The van der Waals surface area contributed by atoms with E-state index in [0.717, 1.165) is 5.56 Å². The zero-order valence-electron chi connectivity index (χ0n) is 16.5. The smallest absolute Gasteiger partial charge is 0.315 e. The fourth-order valence-electron chi connectivity index (χ4n) is 2.46. The van der Waals surface area contributed by atoms with Gasteiger partial charge in [-0.1, -0.05) is 32.0 Å². The number of hydrogen-bond donors (Lipinski definition) is 3. The van der Waals surface area contributed by atoms with Gasteiger partial charge in [0.25, 0.3) is 0 Å². The molecule has 6 nitrogen and oxygen atoms in total. The summed E-state index contributed by atoms with van der Waals surface area (Å²) in [6.07, 6.45) is 0. The van der Waals surface area contributed by atoms with Crippen molar-refractivity contribution in [2.24, 2.45) is 5.92 Å². The molecule has 0 aliphatic rings. The number of halogens is 1. The third kappa shape index (κ3) is 5.97. The highest BCUT2D eigenvalue weighted by atomic mass is 19.1. The Kier molecular flexibility index (Phi) is 7.37. The minimum Gasteiger partial charge on any atom is -0.494 e. The van der Waals surface area contributed by atoms with Gasteiger partial charge >= 0.3 is 6.03 Å². The number of hydrogen-bond acceptors (Lipinski definition) is 3. The van der Waals surface area contributed by atoms with Crippen molar-refractivity contribution in [2.75, 3.05) is 12.4 Å². The average Bonchev–Trinajstić information content (AvgIpc) is 2.67. The van der Waals surface area contributed by atoms with Gasteiger partial charge in [0.15, 0.2) is 11.6 Å². The van der Waals surface area contributed by atoms with Gasteiger partial charge in [0.05, 0.1) is 13.2 Å². The molecular formula is C21H26FN3O3. The van der Waals surface area contributed by atoms with Crippen molar-refractivity contribution in [3.8, 4) is 5.75 Å². The first-order chi connectivity index (χ1) is 13.3. The number of methoxy groups -OCH3 is 1. The molecule has 3 N–H and O–H groups in total. The zero-order valence-corrected chi connectivity index (χ0v) is 16.5. The molecule has 0 spiro atoms. The number of rotatable bonds is 7. The van der Waals surface area contributed by atoms with Crippen LogP contribution in [0.1, 0.15) is 37.9 Å². The Balaban J connectivity index is 1.85. The summed E-state index contributed by atoms with van der Waals surface area (Å²) in [5.74, 6) is -0.451. The molecule has 0 radical (unpaired) electrons. The zero-order chi connectivity index (χ0) is 20.7. The Morgan fingerprint density at radius 1 is 1.07 bits per heavy atom. The minimum absolute atomic E-state index is 0.0470. The standard InChI is InChI=1S/C21H26FN3O3/c1-13(2)20(26)25-17-8-5-15(6-9-17)12-23-21(27)24-14(3)16-7-10-19(28-4)18(22)11-16/h5-11,13-14H,12H2,1-4H3,(H,25,26)(H2,23,24,27)/t14-/m0/s1. The molecule has 0 fully saturated rings. The average molecular weight is 387 g/mol. The molecule has 3 amide bonds. The lowest BCUT2D eigenvalue weighted by Crippen LogP contribution is -2.36. The van der Waals surface area contributed by atoms with Crippen LogP contribution < -0.4 is 20.7 Å². The number of nitrogens with one attached hydrogen (secondary N) is 3. The van der Waals surface area contributed by atoms with Crippen LogP contribution in [0.25, 0.3) is 0 Å². The molecule has 0 aliphatic heterocycles. The number of carbonyl (C=O) groups excluding carboxylic acids is 2. The molecule has 28 heavy (non-hydrogen) atoms. The van der Waals surface area contributed by atoms with Crippen molar-refractivity contribution in [3.05, 3.63) is 59.4 Å². The van der Waals surface area contributed by atoms with E-state index in [0.29, 0.717) is 17.8 Å². The summed E-state index contributed by atoms with van der Waals surface area (Å²) in [6, 6.07) is 11.1. The summed E-state index contributed by atoms with van der Waals surface area (Å²) in [5.41, 5.74) is 2.24. The molecule has 0 aromatic heterocycles. The van der Waals surface area contributed by atoms with Crippen molar-refractivity contribution in [3.63, 3.8) is 0 Å². The number of urea groups is 1. The van der Waals surface area contributed by atoms with Gasteiger partial charge in [0.1, 0.15) is 0 Å². The Bertz CT molecular complexity index is 822. The fourth-order valence-corrected chi connectivity index (χ4v) is 2.46. The van der Waals surface area contributed by atoms with Crippen LogP contribution >= 0.6 is 0 Å². The molecule has 2 rings (SSSR count). The molecule has 0 bridgehead atoms. The lowest BCUT2D eigenvalue weighted by atomic mass is 10.1. The van der Waals surface area contributed by atoms with E-state index in [9.17, 15) is 14.0 Å². The summed E-state index contributed by atoms with van der Waals surface area (Å²) in [7, 11) is 1.40. The van der Waals surface area contributed by atoms with E-state index < -0.39 is 5.82 Å². The van der Waals surface area contributed by atoms with Crippen LogP contribution in [0.4, 0.5) is 14.9 Å². The molecule has 0 saturated heterocycles. The summed E-state index contributed by atoms with van der Waals surface area (Å²) < 4.78 is 18.7. The van der Waals surface area contributed by atoms with Gasteiger partial charge in [-0.25, -0.2) is 9.18 Å². The number of benzene rings is 2. The van der Waals surface area contributed by atoms with Crippen LogP contribution in [0.2, 0.25) is 0 Å². The predicted molar refractivity (Wildman–Crippen MR) is 107 cm³/mol. The largest absolute Gasteiger partial charge is 0.494 e. The highest BCUT2D eigenvalue weighted by molar-refractivity contribution is 5.92. The fraction of sp³-hybridized carbons (Fsp3) is 0.333. The highest BCUT2D eigenvalue weighted by Crippen LogP contribution is 2.21. The quantitative estimate of drug-likeness (QED) is 0.672. The molecule has 150 valence electrons. The Morgan fingerprint density at radius 3 is 2.32 bits per heavy atom. The normalized spacial score (nSPS) is 11.6. The maximum atomic E-state index is 13.8. The van der Waals surface area contributed by atoms with Crippen LogP contribution in [0, 0.1) is 11.7 Å². The number of carbonyl (C=O) groups is 2. The van der Waals surface area contributed by atoms with Crippen molar-refractivity contribution < 1.29 is 18.7 Å². The summed E-state index contributed by atoms with van der Waals surface area (Å²) >= 11 is 0. The molecule has 2 aromatic rings. The number of ether oxygens (including phenoxy) is 1. The number of anilines is 1. The maximum absolute atomic E-state index is 13.8. The summed E-state index contributed by atoms with van der Waals surface area (Å²) in [4.78, 5) is 23.8. The molecule has 0 aliphatic carbocycles. The lowest BCUT2D eigenvalue weighted by molar-refractivity contribution is -0.118. The van der Waals surface area contributed by atoms with Gasteiger partial charge in [0.2, 0.25) is 5.91 Å². The van der Waals surface area contributed by atoms with Gasteiger partial charge in [-0.2, -0.15) is 0 Å². The van der Waals surface area contributed by atoms with Gasteiger partial charge in [-0.15, -0.1) is 0 Å². The van der Waals surface area contributed by atoms with Crippen molar-refractivity contribution >= 4 is 17.6 Å². The van der Waals surface area contributed by atoms with Crippen LogP contribution in [-0.2, 0) is 11.3 Å². The summed E-state index contributed by atoms with van der Waals surface area (Å²) in [5, 5.41) is 8.34. The second-order valence-electron chi connectivity index (χ2n) is 6.78. The van der Waals surface area contributed by atoms with Crippen LogP contribution in [-0.4, -0.2) is 19.0 Å². The van der Waals surface area contributed by atoms with Gasteiger partial charge < -0.3 is 20.7 Å². The Labute approximate surface area is 164 Å². The third-order valence-corrected chi connectivity index (χ3v) is 4.22. The van der Waals surface area contributed by atoms with Gasteiger partial charge in [-0.05, 0) is 42.3 Å². The Morgan fingerprint density at radius 2 is 1.75 bits per heavy atom. The molecular weight excluding hydrogens is 361 g/mol. The lowest BCUT2D eigenvalue weighted by Gasteiger charge is -2.16. The molecule has 1 atom stereocenters. The van der Waals surface area contributed by atoms with Crippen LogP contribution in [0.3, 0.4) is 0 Å². The minimum atomic E-state index is -0.473. The molecule has 0 heterocycles. The molecule has 0 unspecified atom stereocenters. The van der Waals surface area contributed by atoms with Crippen LogP contribution in [0.5, 0.6) is 5.75 Å². The highest BCUT2D eigenvalue weighted by Gasteiger charge is 2.12. The van der Waals surface area contributed by atoms with Crippen LogP contribution in [0.15, 0.2) is 42.5 Å². The topological polar surface area (TPSA) is 79.5 Å². The van der Waals surface area contributed by atoms with Crippen molar-refractivity contribution in [2.45, 2.75) is 33.4 Å². The van der Waals surface area contributed by atoms with E-state index >= 15 is 0 Å². The maximum Gasteiger partial charge on any atom is 0.315 e. The molecule has 2 aromatic carbocycles. The third-order valence-electron chi connectivity index (χ3n) is 4.22. The van der Waals surface area contributed by atoms with Crippen molar-refractivity contribution in [1.82, 2.24) is 10.6 Å². The van der Waals surface area contributed by atoms with E-state index in [4.69, 9.17) is 4.74 Å². The molecule has 7 heteroatoms. The van der Waals surface area contributed by atoms with Crippen molar-refractivity contribution in [1.29, 1.82) is 0 Å².